The summed E-state index contributed by atoms with van der Waals surface area (Å²) in [5.74, 6) is -0.316. The number of carbonyl (C=O) groups is 1. The van der Waals surface area contributed by atoms with Crippen molar-refractivity contribution in [3.63, 3.8) is 0 Å². The van der Waals surface area contributed by atoms with Crippen molar-refractivity contribution in [2.75, 3.05) is 11.9 Å². The lowest BCUT2D eigenvalue weighted by molar-refractivity contribution is 0.0899. The van der Waals surface area contributed by atoms with Crippen molar-refractivity contribution in [3.05, 3.63) is 23.6 Å². The monoisotopic (exact) mass is 279 g/mol. The maximum Gasteiger partial charge on any atom is 0.254 e. The van der Waals surface area contributed by atoms with Crippen LogP contribution in [0.1, 0.15) is 50.4 Å². The van der Waals surface area contributed by atoms with E-state index >= 15 is 0 Å². The topological polar surface area (TPSA) is 54.0 Å². The Hall–Kier alpha value is -1.65. The van der Waals surface area contributed by atoms with Crippen LogP contribution in [-0.4, -0.2) is 23.0 Å². The van der Waals surface area contributed by atoms with Gasteiger partial charge in [0.15, 0.2) is 11.6 Å². The van der Waals surface area contributed by atoms with Crippen molar-refractivity contribution in [1.29, 1.82) is 0 Å². The summed E-state index contributed by atoms with van der Waals surface area (Å²) in [5.41, 5.74) is -0.239. The van der Waals surface area contributed by atoms with Gasteiger partial charge in [0.2, 0.25) is 0 Å². The summed E-state index contributed by atoms with van der Waals surface area (Å²) in [6.45, 7) is 6.58. The number of aromatic nitrogens is 1. The molecular formula is C15H22FN3O. The summed E-state index contributed by atoms with van der Waals surface area (Å²) in [6, 6.07) is 1.42. The van der Waals surface area contributed by atoms with Gasteiger partial charge in [-0.05, 0) is 45.1 Å². The zero-order chi connectivity index (χ0) is 14.8. The summed E-state index contributed by atoms with van der Waals surface area (Å²) < 4.78 is 14.3. The molecule has 1 heterocycles. The van der Waals surface area contributed by atoms with Crippen LogP contribution < -0.4 is 10.6 Å². The third-order valence-electron chi connectivity index (χ3n) is 3.71. The number of hydrogen-bond donors (Lipinski definition) is 2. The third-order valence-corrected chi connectivity index (χ3v) is 3.71. The Labute approximate surface area is 119 Å². The highest BCUT2D eigenvalue weighted by molar-refractivity contribution is 5.95. The number of nitrogens with one attached hydrogen (secondary N) is 2. The molecule has 1 aromatic rings. The maximum absolute atomic E-state index is 14.3. The fourth-order valence-corrected chi connectivity index (χ4v) is 2.25. The molecule has 5 heteroatoms. The van der Waals surface area contributed by atoms with Gasteiger partial charge in [-0.3, -0.25) is 4.79 Å². The van der Waals surface area contributed by atoms with Crippen LogP contribution in [0.3, 0.4) is 0 Å². The van der Waals surface area contributed by atoms with E-state index in [1.54, 1.807) is 0 Å². The van der Waals surface area contributed by atoms with Crippen molar-refractivity contribution in [1.82, 2.24) is 10.3 Å². The first-order valence-corrected chi connectivity index (χ1v) is 7.16. The Morgan fingerprint density at radius 3 is 2.80 bits per heavy atom. The van der Waals surface area contributed by atoms with E-state index in [1.807, 2.05) is 20.8 Å². The van der Waals surface area contributed by atoms with E-state index in [1.165, 1.54) is 12.3 Å². The number of carbonyl (C=O) groups excluding carboxylic acids is 1. The molecule has 0 aromatic carbocycles. The fourth-order valence-electron chi connectivity index (χ4n) is 2.25. The number of anilines is 1. The second-order valence-electron chi connectivity index (χ2n) is 5.90. The van der Waals surface area contributed by atoms with Crippen molar-refractivity contribution < 1.29 is 9.18 Å². The highest BCUT2D eigenvalue weighted by Gasteiger charge is 2.39. The van der Waals surface area contributed by atoms with Crippen LogP contribution in [0.2, 0.25) is 0 Å². The van der Waals surface area contributed by atoms with Gasteiger partial charge in [-0.25, -0.2) is 9.37 Å². The number of pyridine rings is 1. The molecule has 0 unspecified atom stereocenters. The molecule has 1 aliphatic rings. The second-order valence-corrected chi connectivity index (χ2v) is 5.90. The van der Waals surface area contributed by atoms with Crippen LogP contribution in [-0.2, 0) is 0 Å². The SMILES string of the molecule is CCCNc1nccc(C(=O)NC(C)(C)C2CC2)c1F. The zero-order valence-electron chi connectivity index (χ0n) is 12.3. The Morgan fingerprint density at radius 2 is 2.20 bits per heavy atom. The van der Waals surface area contributed by atoms with Crippen molar-refractivity contribution in [2.45, 2.75) is 45.6 Å². The Kier molecular flexibility index (Phi) is 4.26. The summed E-state index contributed by atoms with van der Waals surface area (Å²) >= 11 is 0. The largest absolute Gasteiger partial charge is 0.368 e. The molecule has 0 radical (unpaired) electrons. The number of halogens is 1. The molecule has 2 rings (SSSR count). The highest BCUT2D eigenvalue weighted by atomic mass is 19.1. The van der Waals surface area contributed by atoms with Gasteiger partial charge in [0.25, 0.3) is 5.91 Å². The van der Waals surface area contributed by atoms with Gasteiger partial charge in [0, 0.05) is 18.3 Å². The second kappa shape index (κ2) is 5.77. The van der Waals surface area contributed by atoms with E-state index in [2.05, 4.69) is 15.6 Å². The van der Waals surface area contributed by atoms with E-state index in [0.29, 0.717) is 12.5 Å². The average Bonchev–Trinajstić information content (AvgIpc) is 3.21. The molecule has 0 bridgehead atoms. The molecule has 20 heavy (non-hydrogen) atoms. The van der Waals surface area contributed by atoms with Gasteiger partial charge in [-0.1, -0.05) is 6.92 Å². The Morgan fingerprint density at radius 1 is 1.50 bits per heavy atom. The minimum atomic E-state index is -0.579. The molecular weight excluding hydrogens is 257 g/mol. The molecule has 1 aromatic heterocycles. The summed E-state index contributed by atoms with van der Waals surface area (Å²) in [7, 11) is 0. The smallest absolute Gasteiger partial charge is 0.254 e. The molecule has 0 saturated heterocycles. The van der Waals surface area contributed by atoms with Crippen molar-refractivity contribution >= 4 is 11.7 Å². The molecule has 1 saturated carbocycles. The minimum absolute atomic E-state index is 0.0485. The van der Waals surface area contributed by atoms with Gasteiger partial charge < -0.3 is 10.6 Å². The van der Waals surface area contributed by atoms with Gasteiger partial charge >= 0.3 is 0 Å². The van der Waals surface area contributed by atoms with E-state index < -0.39 is 5.82 Å². The predicted octanol–water partition coefficient (Wildman–Crippen LogP) is 2.96. The molecule has 1 aliphatic carbocycles. The van der Waals surface area contributed by atoms with Crippen LogP contribution >= 0.6 is 0 Å². The van der Waals surface area contributed by atoms with Crippen LogP contribution in [0.4, 0.5) is 10.2 Å². The van der Waals surface area contributed by atoms with E-state index in [-0.39, 0.29) is 22.8 Å². The third kappa shape index (κ3) is 3.26. The summed E-state index contributed by atoms with van der Waals surface area (Å²) in [4.78, 5) is 16.2. The summed E-state index contributed by atoms with van der Waals surface area (Å²) in [5, 5.41) is 5.81. The molecule has 0 atom stereocenters. The van der Waals surface area contributed by atoms with Crippen LogP contribution in [0, 0.1) is 11.7 Å². The normalized spacial score (nSPS) is 15.0. The van der Waals surface area contributed by atoms with Crippen molar-refractivity contribution in [2.24, 2.45) is 5.92 Å². The average molecular weight is 279 g/mol. The van der Waals surface area contributed by atoms with Crippen LogP contribution in [0.25, 0.3) is 0 Å². The number of nitrogens with zero attached hydrogens (tertiary/aromatic N) is 1. The van der Waals surface area contributed by atoms with Gasteiger partial charge in [0.05, 0.1) is 5.56 Å². The van der Waals surface area contributed by atoms with E-state index in [4.69, 9.17) is 0 Å². The first-order valence-electron chi connectivity index (χ1n) is 7.16. The molecule has 2 N–H and O–H groups in total. The maximum atomic E-state index is 14.3. The van der Waals surface area contributed by atoms with Crippen molar-refractivity contribution in [3.8, 4) is 0 Å². The zero-order valence-corrected chi connectivity index (χ0v) is 12.3. The van der Waals surface area contributed by atoms with E-state index in [9.17, 15) is 9.18 Å². The number of amides is 1. The van der Waals surface area contributed by atoms with Gasteiger partial charge in [-0.2, -0.15) is 0 Å². The first kappa shape index (κ1) is 14.8. The van der Waals surface area contributed by atoms with Crippen LogP contribution in [0.15, 0.2) is 12.3 Å². The molecule has 1 amide bonds. The molecule has 1 fully saturated rings. The molecule has 110 valence electrons. The van der Waals surface area contributed by atoms with Crippen LogP contribution in [0.5, 0.6) is 0 Å². The van der Waals surface area contributed by atoms with Gasteiger partial charge in [-0.15, -0.1) is 0 Å². The lowest BCUT2D eigenvalue weighted by atomic mass is 9.98. The predicted molar refractivity (Wildman–Crippen MR) is 77.2 cm³/mol. The molecule has 0 spiro atoms. The van der Waals surface area contributed by atoms with E-state index in [0.717, 1.165) is 19.3 Å². The Bertz CT molecular complexity index is 498. The first-order chi connectivity index (χ1) is 9.45. The standard InChI is InChI=1S/C15H22FN3O/c1-4-8-17-13-12(16)11(7-9-18-13)14(20)19-15(2,3)10-5-6-10/h7,9-10H,4-6,8H2,1-3H3,(H,17,18)(H,19,20). The quantitative estimate of drug-likeness (QED) is 0.841. The molecule has 0 aliphatic heterocycles. The highest BCUT2D eigenvalue weighted by Crippen LogP contribution is 2.39. The number of hydrogen-bond acceptors (Lipinski definition) is 3. The summed E-state index contributed by atoms with van der Waals surface area (Å²) in [6.07, 6.45) is 4.57. The Balaban J connectivity index is 2.13. The minimum Gasteiger partial charge on any atom is -0.368 e. The van der Waals surface area contributed by atoms with Gasteiger partial charge in [0.1, 0.15) is 0 Å². The molecule has 4 nitrogen and oxygen atoms in total. The lowest BCUT2D eigenvalue weighted by Crippen LogP contribution is -2.45. The lowest BCUT2D eigenvalue weighted by Gasteiger charge is -2.26. The number of rotatable bonds is 6. The fraction of sp³-hybridized carbons (Fsp3) is 0.600.